The van der Waals surface area contributed by atoms with Gasteiger partial charge in [-0.15, -0.1) is 5.10 Å². The van der Waals surface area contributed by atoms with E-state index in [2.05, 4.69) is 5.10 Å². The number of hydrogen-bond donors (Lipinski definition) is 1. The zero-order valence-corrected chi connectivity index (χ0v) is 10.8. The van der Waals surface area contributed by atoms with Gasteiger partial charge < -0.3 is 9.84 Å². The highest BCUT2D eigenvalue weighted by atomic mass is 16.5. The van der Waals surface area contributed by atoms with Gasteiger partial charge in [0.15, 0.2) is 0 Å². The maximum Gasteiger partial charge on any atom is 0.335 e. The van der Waals surface area contributed by atoms with E-state index in [1.54, 1.807) is 29.9 Å². The van der Waals surface area contributed by atoms with Crippen LogP contribution in [0, 0.1) is 0 Å². The van der Waals surface area contributed by atoms with Crippen molar-refractivity contribution in [3.8, 4) is 5.88 Å². The van der Waals surface area contributed by atoms with Crippen molar-refractivity contribution in [2.75, 3.05) is 0 Å². The first-order chi connectivity index (χ1) is 9.15. The molecule has 0 bridgehead atoms. The summed E-state index contributed by atoms with van der Waals surface area (Å²) in [4.78, 5) is 11.0. The number of aromatic nitrogens is 2. The Kier molecular flexibility index (Phi) is 2.89. The molecular formula is C14H16N2O3. The average molecular weight is 260 g/mol. The van der Waals surface area contributed by atoms with Crippen LogP contribution in [0.2, 0.25) is 0 Å². The Morgan fingerprint density at radius 3 is 2.84 bits per heavy atom. The summed E-state index contributed by atoms with van der Waals surface area (Å²) in [5, 5.41) is 14.2. The number of carbonyl (C=O) groups is 1. The largest absolute Gasteiger partial charge is 0.478 e. The average Bonchev–Trinajstić information content (AvgIpc) is 2.99. The minimum absolute atomic E-state index is 0.247. The third kappa shape index (κ3) is 2.16. The molecular weight excluding hydrogens is 244 g/mol. The van der Waals surface area contributed by atoms with Crippen LogP contribution in [-0.2, 0) is 7.05 Å². The van der Waals surface area contributed by atoms with Crippen molar-refractivity contribution in [2.24, 2.45) is 7.05 Å². The van der Waals surface area contributed by atoms with Crippen molar-refractivity contribution in [3.63, 3.8) is 0 Å². The number of rotatable bonds is 3. The van der Waals surface area contributed by atoms with Crippen LogP contribution >= 0.6 is 0 Å². The van der Waals surface area contributed by atoms with Crippen LogP contribution in [0.25, 0.3) is 10.9 Å². The molecule has 1 N–H and O–H groups in total. The molecule has 0 spiro atoms. The lowest BCUT2D eigenvalue weighted by atomic mass is 10.1. The number of aryl methyl sites for hydroxylation is 1. The highest BCUT2D eigenvalue weighted by Gasteiger charge is 2.20. The van der Waals surface area contributed by atoms with Crippen LogP contribution in [-0.4, -0.2) is 27.0 Å². The highest BCUT2D eigenvalue weighted by molar-refractivity contribution is 5.94. The molecule has 0 atom stereocenters. The van der Waals surface area contributed by atoms with Gasteiger partial charge in [0, 0.05) is 7.05 Å². The van der Waals surface area contributed by atoms with E-state index >= 15 is 0 Å². The number of carboxylic acid groups (broad SMARTS) is 1. The molecule has 100 valence electrons. The summed E-state index contributed by atoms with van der Waals surface area (Å²) in [7, 11) is 1.80. The molecule has 1 aliphatic rings. The minimum atomic E-state index is -0.929. The first-order valence-electron chi connectivity index (χ1n) is 6.52. The molecule has 0 saturated heterocycles. The van der Waals surface area contributed by atoms with Gasteiger partial charge in [-0.05, 0) is 43.9 Å². The molecule has 1 aromatic heterocycles. The van der Waals surface area contributed by atoms with Crippen LogP contribution in [0.5, 0.6) is 5.88 Å². The SMILES string of the molecule is Cn1nc(OC2CCCC2)c2ccc(C(=O)O)cc21. The van der Waals surface area contributed by atoms with E-state index in [1.165, 1.54) is 12.8 Å². The lowest BCUT2D eigenvalue weighted by Crippen LogP contribution is -2.11. The molecule has 5 heteroatoms. The lowest BCUT2D eigenvalue weighted by Gasteiger charge is -2.10. The number of hydrogen-bond acceptors (Lipinski definition) is 3. The standard InChI is InChI=1S/C14H16N2O3/c1-16-12-8-9(14(17)18)6-7-11(12)13(15-16)19-10-4-2-3-5-10/h6-8,10H,2-5H2,1H3,(H,17,18). The Balaban J connectivity index is 1.99. The zero-order chi connectivity index (χ0) is 13.4. The third-order valence-corrected chi connectivity index (χ3v) is 3.65. The van der Waals surface area contributed by atoms with Crippen molar-refractivity contribution in [1.29, 1.82) is 0 Å². The smallest absolute Gasteiger partial charge is 0.335 e. The number of nitrogens with zero attached hydrogens (tertiary/aromatic N) is 2. The molecule has 1 heterocycles. The highest BCUT2D eigenvalue weighted by Crippen LogP contribution is 2.29. The second kappa shape index (κ2) is 4.57. The third-order valence-electron chi connectivity index (χ3n) is 3.65. The van der Waals surface area contributed by atoms with Gasteiger partial charge in [-0.3, -0.25) is 4.68 Å². The van der Waals surface area contributed by atoms with Gasteiger partial charge in [-0.25, -0.2) is 4.79 Å². The molecule has 0 unspecified atom stereocenters. The fraction of sp³-hybridized carbons (Fsp3) is 0.429. The van der Waals surface area contributed by atoms with E-state index in [0.29, 0.717) is 5.88 Å². The van der Waals surface area contributed by atoms with Gasteiger partial charge in [0.1, 0.15) is 6.10 Å². The summed E-state index contributed by atoms with van der Waals surface area (Å²) in [5.74, 6) is -0.317. The van der Waals surface area contributed by atoms with Crippen LogP contribution < -0.4 is 4.74 Å². The van der Waals surface area contributed by atoms with Crippen LogP contribution in [0.3, 0.4) is 0 Å². The molecule has 1 aromatic carbocycles. The van der Waals surface area contributed by atoms with E-state index in [9.17, 15) is 4.79 Å². The monoisotopic (exact) mass is 260 g/mol. The first kappa shape index (κ1) is 12.0. The van der Waals surface area contributed by atoms with Gasteiger partial charge in [-0.1, -0.05) is 0 Å². The molecule has 1 aliphatic carbocycles. The minimum Gasteiger partial charge on any atom is -0.478 e. The van der Waals surface area contributed by atoms with Gasteiger partial charge in [0.2, 0.25) is 5.88 Å². The predicted molar refractivity (Wildman–Crippen MR) is 70.6 cm³/mol. The van der Waals surface area contributed by atoms with Gasteiger partial charge in [0.25, 0.3) is 0 Å². The van der Waals surface area contributed by atoms with Crippen molar-refractivity contribution in [3.05, 3.63) is 23.8 Å². The molecule has 19 heavy (non-hydrogen) atoms. The van der Waals surface area contributed by atoms with Crippen LogP contribution in [0.1, 0.15) is 36.0 Å². The van der Waals surface area contributed by atoms with Crippen LogP contribution in [0.4, 0.5) is 0 Å². The van der Waals surface area contributed by atoms with E-state index in [-0.39, 0.29) is 11.7 Å². The summed E-state index contributed by atoms with van der Waals surface area (Å²) in [6, 6.07) is 5.00. The Labute approximate surface area is 110 Å². The van der Waals surface area contributed by atoms with E-state index < -0.39 is 5.97 Å². The molecule has 2 aromatic rings. The lowest BCUT2D eigenvalue weighted by molar-refractivity contribution is 0.0697. The number of benzene rings is 1. The maximum atomic E-state index is 11.0. The van der Waals surface area contributed by atoms with Crippen LogP contribution in [0.15, 0.2) is 18.2 Å². The predicted octanol–water partition coefficient (Wildman–Crippen LogP) is 2.59. The normalized spacial score (nSPS) is 16.1. The van der Waals surface area contributed by atoms with Crippen molar-refractivity contribution < 1.29 is 14.6 Å². The summed E-state index contributed by atoms with van der Waals surface area (Å²) in [6.07, 6.45) is 4.81. The first-order valence-corrected chi connectivity index (χ1v) is 6.52. The zero-order valence-electron chi connectivity index (χ0n) is 10.8. The molecule has 0 amide bonds. The Morgan fingerprint density at radius 2 is 2.16 bits per heavy atom. The summed E-state index contributed by atoms with van der Waals surface area (Å²) >= 11 is 0. The number of aromatic carboxylic acids is 1. The topological polar surface area (TPSA) is 64.4 Å². The summed E-state index contributed by atoms with van der Waals surface area (Å²) in [6.45, 7) is 0. The molecule has 0 radical (unpaired) electrons. The second-order valence-corrected chi connectivity index (χ2v) is 4.99. The van der Waals surface area contributed by atoms with E-state index in [1.807, 2.05) is 0 Å². The molecule has 0 aliphatic heterocycles. The number of carboxylic acids is 1. The summed E-state index contributed by atoms with van der Waals surface area (Å²) in [5.41, 5.74) is 1.05. The second-order valence-electron chi connectivity index (χ2n) is 4.99. The fourth-order valence-corrected chi connectivity index (χ4v) is 2.61. The van der Waals surface area contributed by atoms with Gasteiger partial charge >= 0.3 is 5.97 Å². The quantitative estimate of drug-likeness (QED) is 0.921. The molecule has 3 rings (SSSR count). The van der Waals surface area contributed by atoms with Crippen molar-refractivity contribution in [1.82, 2.24) is 9.78 Å². The van der Waals surface area contributed by atoms with E-state index in [4.69, 9.17) is 9.84 Å². The van der Waals surface area contributed by atoms with Crippen molar-refractivity contribution in [2.45, 2.75) is 31.8 Å². The van der Waals surface area contributed by atoms with Crippen molar-refractivity contribution >= 4 is 16.9 Å². The van der Waals surface area contributed by atoms with Gasteiger partial charge in [0.05, 0.1) is 16.5 Å². The molecule has 1 fully saturated rings. The Bertz CT molecular complexity index is 627. The Hall–Kier alpha value is -2.04. The van der Waals surface area contributed by atoms with E-state index in [0.717, 1.165) is 23.7 Å². The number of fused-ring (bicyclic) bond motifs is 1. The molecule has 1 saturated carbocycles. The number of ether oxygens (including phenoxy) is 1. The molecule has 5 nitrogen and oxygen atoms in total. The Morgan fingerprint density at radius 1 is 1.42 bits per heavy atom. The summed E-state index contributed by atoms with van der Waals surface area (Å²) < 4.78 is 7.60. The maximum absolute atomic E-state index is 11.0. The van der Waals surface area contributed by atoms with Gasteiger partial charge in [-0.2, -0.15) is 0 Å². The fourth-order valence-electron chi connectivity index (χ4n) is 2.61.